The van der Waals surface area contributed by atoms with E-state index in [0.29, 0.717) is 13.0 Å². The van der Waals surface area contributed by atoms with Crippen molar-refractivity contribution >= 4 is 18.8 Å². The smallest absolute Gasteiger partial charge is 0.321 e. The van der Waals surface area contributed by atoms with Crippen LogP contribution in [0.25, 0.3) is 0 Å². The highest BCUT2D eigenvalue weighted by Gasteiger charge is 2.26. The number of hydrogen-bond acceptors (Lipinski definition) is 4. The van der Waals surface area contributed by atoms with Gasteiger partial charge in [0, 0.05) is 0 Å². The third-order valence-corrected chi connectivity index (χ3v) is 2.34. The van der Waals surface area contributed by atoms with Crippen molar-refractivity contribution in [1.82, 2.24) is 4.72 Å². The fraction of sp³-hybridized carbons (Fsp3) is 0.875. The molecule has 0 spiro atoms. The Morgan fingerprint density at radius 3 is 2.54 bits per heavy atom. The average molecular weight is 206 g/mol. The van der Waals surface area contributed by atoms with E-state index in [1.54, 1.807) is 0 Å². The Morgan fingerprint density at radius 1 is 1.69 bits per heavy atom. The van der Waals surface area contributed by atoms with Crippen LogP contribution in [0.15, 0.2) is 0 Å². The van der Waals surface area contributed by atoms with Gasteiger partial charge in [0.2, 0.25) is 0 Å². The molecule has 1 unspecified atom stereocenters. The Kier molecular flexibility index (Phi) is 5.36. The van der Waals surface area contributed by atoms with Crippen molar-refractivity contribution in [1.29, 1.82) is 0 Å². The van der Waals surface area contributed by atoms with Crippen LogP contribution in [0.5, 0.6) is 0 Å². The number of thiol groups is 1. The first-order valence-electron chi connectivity index (χ1n) is 4.25. The van der Waals surface area contributed by atoms with Gasteiger partial charge in [-0.1, -0.05) is 26.7 Å². The van der Waals surface area contributed by atoms with Crippen LogP contribution < -0.4 is 10.5 Å². The first-order valence-corrected chi connectivity index (χ1v) is 4.70. The summed E-state index contributed by atoms with van der Waals surface area (Å²) >= 11 is 3.77. The Hall–Kier alpha value is -0.260. The van der Waals surface area contributed by atoms with Crippen LogP contribution in [0.2, 0.25) is 0 Å². The maximum absolute atomic E-state index is 10.7. The molecule has 0 bridgehead atoms. The number of hydrogen-bond donors (Lipinski definition) is 4. The van der Waals surface area contributed by atoms with E-state index in [4.69, 9.17) is 10.8 Å². The third kappa shape index (κ3) is 5.13. The van der Waals surface area contributed by atoms with Crippen molar-refractivity contribution in [2.24, 2.45) is 11.1 Å². The van der Waals surface area contributed by atoms with Crippen LogP contribution in [0.3, 0.4) is 0 Å². The van der Waals surface area contributed by atoms with E-state index in [-0.39, 0.29) is 5.41 Å². The molecule has 0 aliphatic carbocycles. The molecule has 78 valence electrons. The monoisotopic (exact) mass is 206 g/mol. The normalized spacial score (nSPS) is 14.2. The highest BCUT2D eigenvalue weighted by molar-refractivity contribution is 7.78. The van der Waals surface area contributed by atoms with Gasteiger partial charge in [-0.15, -0.1) is 0 Å². The van der Waals surface area contributed by atoms with Crippen LogP contribution >= 0.6 is 12.8 Å². The van der Waals surface area contributed by atoms with E-state index in [0.717, 1.165) is 6.42 Å². The lowest BCUT2D eigenvalue weighted by atomic mass is 9.83. The SMILES string of the molecule is CC(C)(CCN)CC(NS)C(=O)O. The Labute approximate surface area is 84.4 Å². The molecule has 0 aliphatic heterocycles. The van der Waals surface area contributed by atoms with Crippen molar-refractivity contribution in [3.05, 3.63) is 0 Å². The van der Waals surface area contributed by atoms with Crippen molar-refractivity contribution in [2.75, 3.05) is 6.54 Å². The molecule has 4 N–H and O–H groups in total. The number of carboxylic acids is 1. The number of nitrogens with two attached hydrogens (primary N) is 1. The summed E-state index contributed by atoms with van der Waals surface area (Å²) in [7, 11) is 0. The molecular weight excluding hydrogens is 188 g/mol. The molecule has 1 atom stereocenters. The van der Waals surface area contributed by atoms with Crippen molar-refractivity contribution in [2.45, 2.75) is 32.7 Å². The summed E-state index contributed by atoms with van der Waals surface area (Å²) in [5.74, 6) is -0.875. The second kappa shape index (κ2) is 5.47. The molecule has 0 aromatic carbocycles. The Balaban J connectivity index is 4.13. The summed E-state index contributed by atoms with van der Waals surface area (Å²) in [4.78, 5) is 10.7. The van der Waals surface area contributed by atoms with E-state index >= 15 is 0 Å². The molecule has 0 radical (unpaired) electrons. The number of rotatable bonds is 6. The standard InChI is InChI=1S/C8H18N2O2S/c1-8(2,3-4-9)5-6(10-13)7(11)12/h6,10,13H,3-5,9H2,1-2H3,(H,11,12). The van der Waals surface area contributed by atoms with Gasteiger partial charge in [0.25, 0.3) is 0 Å². The zero-order chi connectivity index (χ0) is 10.5. The summed E-state index contributed by atoms with van der Waals surface area (Å²) in [5.41, 5.74) is 5.36. The van der Waals surface area contributed by atoms with Gasteiger partial charge in [-0.2, -0.15) is 0 Å². The molecule has 5 heteroatoms. The maximum atomic E-state index is 10.7. The maximum Gasteiger partial charge on any atom is 0.321 e. The molecular formula is C8H18N2O2S. The van der Waals surface area contributed by atoms with Crippen LogP contribution in [-0.2, 0) is 4.79 Å². The Morgan fingerprint density at radius 2 is 2.23 bits per heavy atom. The summed E-state index contributed by atoms with van der Waals surface area (Å²) in [6.07, 6.45) is 1.34. The molecule has 0 saturated heterocycles. The van der Waals surface area contributed by atoms with Crippen LogP contribution in [-0.4, -0.2) is 23.7 Å². The first-order chi connectivity index (χ1) is 5.93. The molecule has 0 rings (SSSR count). The molecule has 0 aromatic rings. The van der Waals surface area contributed by atoms with E-state index in [2.05, 4.69) is 17.5 Å². The van der Waals surface area contributed by atoms with E-state index in [1.807, 2.05) is 13.8 Å². The van der Waals surface area contributed by atoms with Crippen LogP contribution in [0, 0.1) is 5.41 Å². The lowest BCUT2D eigenvalue weighted by Crippen LogP contribution is -2.36. The van der Waals surface area contributed by atoms with Crippen LogP contribution in [0.4, 0.5) is 0 Å². The van der Waals surface area contributed by atoms with Gasteiger partial charge in [-0.3, -0.25) is 9.52 Å². The zero-order valence-electron chi connectivity index (χ0n) is 8.08. The van der Waals surface area contributed by atoms with Gasteiger partial charge in [0.1, 0.15) is 6.04 Å². The highest BCUT2D eigenvalue weighted by Crippen LogP contribution is 2.26. The van der Waals surface area contributed by atoms with E-state index < -0.39 is 12.0 Å². The van der Waals surface area contributed by atoms with Crippen molar-refractivity contribution in [3.8, 4) is 0 Å². The van der Waals surface area contributed by atoms with Gasteiger partial charge in [-0.25, -0.2) is 0 Å². The summed E-state index contributed by atoms with van der Waals surface area (Å²) in [6, 6.07) is -0.607. The minimum absolute atomic E-state index is 0.0620. The Bertz CT molecular complexity index is 174. The molecule has 0 saturated carbocycles. The first kappa shape index (κ1) is 12.7. The molecule has 0 heterocycles. The van der Waals surface area contributed by atoms with Crippen molar-refractivity contribution < 1.29 is 9.90 Å². The number of aliphatic carboxylic acids is 1. The highest BCUT2D eigenvalue weighted by atomic mass is 32.1. The second-order valence-corrected chi connectivity index (χ2v) is 4.19. The van der Waals surface area contributed by atoms with Gasteiger partial charge < -0.3 is 10.8 Å². The van der Waals surface area contributed by atoms with Gasteiger partial charge in [0.15, 0.2) is 0 Å². The lowest BCUT2D eigenvalue weighted by molar-refractivity contribution is -0.139. The minimum Gasteiger partial charge on any atom is -0.480 e. The molecule has 4 nitrogen and oxygen atoms in total. The topological polar surface area (TPSA) is 75.3 Å². The molecule has 0 aliphatic rings. The summed E-state index contributed by atoms with van der Waals surface area (Å²) in [5, 5.41) is 8.76. The quantitative estimate of drug-likeness (QED) is 0.481. The summed E-state index contributed by atoms with van der Waals surface area (Å²) in [6.45, 7) is 4.58. The lowest BCUT2D eigenvalue weighted by Gasteiger charge is -2.26. The molecule has 13 heavy (non-hydrogen) atoms. The van der Waals surface area contributed by atoms with E-state index in [1.165, 1.54) is 0 Å². The van der Waals surface area contributed by atoms with Gasteiger partial charge in [-0.05, 0) is 24.8 Å². The molecule has 0 aromatic heterocycles. The number of nitrogens with one attached hydrogen (secondary N) is 1. The van der Waals surface area contributed by atoms with Crippen LogP contribution in [0.1, 0.15) is 26.7 Å². The molecule has 0 fully saturated rings. The average Bonchev–Trinajstić information content (AvgIpc) is 1.99. The third-order valence-electron chi connectivity index (χ3n) is 2.03. The fourth-order valence-electron chi connectivity index (χ4n) is 1.23. The minimum atomic E-state index is -0.875. The number of carboxylic acid groups (broad SMARTS) is 1. The predicted molar refractivity (Wildman–Crippen MR) is 55.6 cm³/mol. The van der Waals surface area contributed by atoms with Gasteiger partial charge in [0.05, 0.1) is 0 Å². The molecule has 0 amide bonds. The van der Waals surface area contributed by atoms with Gasteiger partial charge >= 0.3 is 5.97 Å². The van der Waals surface area contributed by atoms with E-state index in [9.17, 15) is 4.79 Å². The number of carbonyl (C=O) groups is 1. The fourth-order valence-corrected chi connectivity index (χ4v) is 1.44. The summed E-state index contributed by atoms with van der Waals surface area (Å²) < 4.78 is 2.47. The predicted octanol–water partition coefficient (Wildman–Crippen LogP) is 0.639. The largest absolute Gasteiger partial charge is 0.480 e. The zero-order valence-corrected chi connectivity index (χ0v) is 8.97. The second-order valence-electron chi connectivity index (χ2n) is 3.93. The van der Waals surface area contributed by atoms with Crippen molar-refractivity contribution in [3.63, 3.8) is 0 Å².